The van der Waals surface area contributed by atoms with E-state index >= 15 is 0 Å². The second kappa shape index (κ2) is 5.20. The monoisotopic (exact) mass is 292 g/mol. The molecule has 0 saturated heterocycles. The third-order valence-corrected chi connectivity index (χ3v) is 4.53. The smallest absolute Gasteiger partial charge is 0.182 e. The first-order chi connectivity index (χ1) is 10.2. The summed E-state index contributed by atoms with van der Waals surface area (Å²) in [5.74, 6) is 1.50. The van der Waals surface area contributed by atoms with Crippen LogP contribution in [-0.4, -0.2) is 15.7 Å². The molecule has 0 radical (unpaired) electrons. The van der Waals surface area contributed by atoms with Crippen molar-refractivity contribution < 1.29 is 0 Å². The summed E-state index contributed by atoms with van der Waals surface area (Å²) in [6.45, 7) is 1.62. The Balaban J connectivity index is 2.24. The summed E-state index contributed by atoms with van der Waals surface area (Å²) >= 11 is 1.66. The molecule has 1 aliphatic heterocycles. The average Bonchev–Trinajstić information content (AvgIpc) is 3.02. The van der Waals surface area contributed by atoms with Crippen molar-refractivity contribution in [1.82, 2.24) is 9.97 Å². The van der Waals surface area contributed by atoms with Gasteiger partial charge in [0.25, 0.3) is 0 Å². The highest BCUT2D eigenvalue weighted by molar-refractivity contribution is 7.99. The zero-order chi connectivity index (χ0) is 14.9. The first-order valence-electron chi connectivity index (χ1n) is 6.60. The quantitative estimate of drug-likeness (QED) is 0.795. The molecule has 0 atom stereocenters. The van der Waals surface area contributed by atoms with E-state index in [4.69, 9.17) is 0 Å². The summed E-state index contributed by atoms with van der Waals surface area (Å²) in [5, 5.41) is 19.7. The molecular formula is C16H12N4S. The van der Waals surface area contributed by atoms with Crippen molar-refractivity contribution in [2.75, 3.05) is 5.75 Å². The molecule has 5 heteroatoms. The Kier molecular flexibility index (Phi) is 3.37. The lowest BCUT2D eigenvalue weighted by Gasteiger charge is -2.16. The molecule has 0 unspecified atom stereocenters. The molecule has 0 fully saturated rings. The van der Waals surface area contributed by atoms with Gasteiger partial charge in [-0.25, -0.2) is 9.97 Å². The van der Waals surface area contributed by atoms with Crippen LogP contribution in [0.5, 0.6) is 0 Å². The van der Waals surface area contributed by atoms with E-state index in [1.807, 2.05) is 30.3 Å². The minimum absolute atomic E-state index is 0.557. The van der Waals surface area contributed by atoms with Crippen LogP contribution in [0.25, 0.3) is 11.4 Å². The molecule has 0 aliphatic carbocycles. The fourth-order valence-electron chi connectivity index (χ4n) is 2.32. The van der Waals surface area contributed by atoms with Gasteiger partial charge in [0.1, 0.15) is 5.03 Å². The molecule has 0 spiro atoms. The van der Waals surface area contributed by atoms with Gasteiger partial charge in [-0.3, -0.25) is 0 Å². The third-order valence-electron chi connectivity index (χ3n) is 3.51. The van der Waals surface area contributed by atoms with Crippen LogP contribution in [0.3, 0.4) is 0 Å². The summed E-state index contributed by atoms with van der Waals surface area (Å²) in [7, 11) is 0. The van der Waals surface area contributed by atoms with Crippen molar-refractivity contribution in [3.05, 3.63) is 41.6 Å². The van der Waals surface area contributed by atoms with Gasteiger partial charge in [0.05, 0.1) is 17.8 Å². The van der Waals surface area contributed by atoms with Crippen LogP contribution >= 0.6 is 11.8 Å². The summed E-state index contributed by atoms with van der Waals surface area (Å²) in [6.07, 6.45) is 0.809. The maximum absolute atomic E-state index is 9.39. The third kappa shape index (κ3) is 2.26. The SMILES string of the molecule is CC(C#N)(C#N)c1nc(-c2ccccc2)nc2c1CCS2. The lowest BCUT2D eigenvalue weighted by atomic mass is 9.86. The molecule has 1 aromatic carbocycles. The number of aromatic nitrogens is 2. The van der Waals surface area contributed by atoms with Crippen molar-refractivity contribution in [2.45, 2.75) is 23.8 Å². The van der Waals surface area contributed by atoms with Crippen LogP contribution in [-0.2, 0) is 11.8 Å². The molecule has 0 bridgehead atoms. The highest BCUT2D eigenvalue weighted by Gasteiger charge is 2.34. The Hall–Kier alpha value is -2.37. The van der Waals surface area contributed by atoms with Crippen molar-refractivity contribution in [3.63, 3.8) is 0 Å². The topological polar surface area (TPSA) is 73.4 Å². The highest BCUT2D eigenvalue weighted by atomic mass is 32.2. The van der Waals surface area contributed by atoms with Gasteiger partial charge >= 0.3 is 0 Å². The number of benzene rings is 1. The minimum Gasteiger partial charge on any atom is -0.230 e. The molecule has 3 rings (SSSR count). The molecule has 102 valence electrons. The molecule has 1 aliphatic rings. The normalized spacial score (nSPS) is 13.3. The Morgan fingerprint density at radius 2 is 1.86 bits per heavy atom. The van der Waals surface area contributed by atoms with E-state index in [1.54, 1.807) is 18.7 Å². The van der Waals surface area contributed by atoms with Crippen molar-refractivity contribution in [2.24, 2.45) is 0 Å². The maximum atomic E-state index is 9.39. The summed E-state index contributed by atoms with van der Waals surface area (Å²) < 4.78 is 0. The van der Waals surface area contributed by atoms with Crippen molar-refractivity contribution in [3.8, 4) is 23.5 Å². The van der Waals surface area contributed by atoms with Gasteiger partial charge in [0.2, 0.25) is 0 Å². The van der Waals surface area contributed by atoms with Crippen LogP contribution in [0.15, 0.2) is 35.4 Å². The number of thioether (sulfide) groups is 1. The summed E-state index contributed by atoms with van der Waals surface area (Å²) in [6, 6.07) is 13.8. The molecule has 2 heterocycles. The zero-order valence-electron chi connectivity index (χ0n) is 11.5. The van der Waals surface area contributed by atoms with E-state index < -0.39 is 5.41 Å². The zero-order valence-corrected chi connectivity index (χ0v) is 12.3. The molecule has 21 heavy (non-hydrogen) atoms. The number of hydrogen-bond acceptors (Lipinski definition) is 5. The van der Waals surface area contributed by atoms with E-state index in [1.165, 1.54) is 0 Å². The predicted octanol–water partition coefficient (Wildman–Crippen LogP) is 3.10. The fraction of sp³-hybridized carbons (Fsp3) is 0.250. The molecule has 4 nitrogen and oxygen atoms in total. The van der Waals surface area contributed by atoms with Gasteiger partial charge in [-0.1, -0.05) is 30.3 Å². The van der Waals surface area contributed by atoms with Crippen LogP contribution in [0.4, 0.5) is 0 Å². The Labute approximate surface area is 127 Å². The molecule has 0 N–H and O–H groups in total. The Morgan fingerprint density at radius 1 is 1.14 bits per heavy atom. The van der Waals surface area contributed by atoms with Gasteiger partial charge < -0.3 is 0 Å². The van der Waals surface area contributed by atoms with Crippen molar-refractivity contribution >= 4 is 11.8 Å². The van der Waals surface area contributed by atoms with Crippen LogP contribution < -0.4 is 0 Å². The predicted molar refractivity (Wildman–Crippen MR) is 80.5 cm³/mol. The van der Waals surface area contributed by atoms with Gasteiger partial charge in [-0.2, -0.15) is 10.5 Å². The van der Waals surface area contributed by atoms with Crippen LogP contribution in [0, 0.1) is 22.7 Å². The van der Waals surface area contributed by atoms with E-state index in [9.17, 15) is 10.5 Å². The molecular weight excluding hydrogens is 280 g/mol. The molecule has 2 aromatic rings. The summed E-state index contributed by atoms with van der Waals surface area (Å²) in [5.41, 5.74) is 1.17. The fourth-order valence-corrected chi connectivity index (χ4v) is 3.34. The first kappa shape index (κ1) is 13.6. The number of rotatable bonds is 2. The lowest BCUT2D eigenvalue weighted by molar-refractivity contribution is 0.724. The van der Waals surface area contributed by atoms with Crippen LogP contribution in [0.1, 0.15) is 18.2 Å². The van der Waals surface area contributed by atoms with E-state index in [2.05, 4.69) is 22.1 Å². The molecule has 0 amide bonds. The average molecular weight is 292 g/mol. The lowest BCUT2D eigenvalue weighted by Crippen LogP contribution is -2.22. The van der Waals surface area contributed by atoms with E-state index in [-0.39, 0.29) is 0 Å². The number of nitrogens with zero attached hydrogens (tertiary/aromatic N) is 4. The van der Waals surface area contributed by atoms with E-state index in [0.717, 1.165) is 28.3 Å². The first-order valence-corrected chi connectivity index (χ1v) is 7.58. The Bertz CT molecular complexity index is 757. The number of fused-ring (bicyclic) bond motifs is 1. The number of hydrogen-bond donors (Lipinski definition) is 0. The van der Waals surface area contributed by atoms with E-state index in [0.29, 0.717) is 11.5 Å². The van der Waals surface area contributed by atoms with Gasteiger partial charge in [0.15, 0.2) is 11.2 Å². The Morgan fingerprint density at radius 3 is 2.52 bits per heavy atom. The van der Waals surface area contributed by atoms with Crippen LogP contribution in [0.2, 0.25) is 0 Å². The standard InChI is InChI=1S/C16H12N4S/c1-16(9-17,10-18)13-12-7-8-21-15(12)20-14(19-13)11-5-3-2-4-6-11/h2-6H,7-8H2,1H3. The highest BCUT2D eigenvalue weighted by Crippen LogP contribution is 2.37. The minimum atomic E-state index is -1.23. The van der Waals surface area contributed by atoms with Gasteiger partial charge in [0, 0.05) is 16.9 Å². The number of nitriles is 2. The second-order valence-electron chi connectivity index (χ2n) is 4.99. The van der Waals surface area contributed by atoms with Gasteiger partial charge in [-0.15, -0.1) is 11.8 Å². The van der Waals surface area contributed by atoms with Gasteiger partial charge in [-0.05, 0) is 13.3 Å². The maximum Gasteiger partial charge on any atom is 0.182 e. The van der Waals surface area contributed by atoms with Crippen molar-refractivity contribution in [1.29, 1.82) is 10.5 Å². The largest absolute Gasteiger partial charge is 0.230 e. The molecule has 0 saturated carbocycles. The summed E-state index contributed by atoms with van der Waals surface area (Å²) in [4.78, 5) is 9.16. The molecule has 1 aromatic heterocycles. The second-order valence-corrected chi connectivity index (χ2v) is 6.08.